The summed E-state index contributed by atoms with van der Waals surface area (Å²) in [5, 5.41) is 6.44. The lowest BCUT2D eigenvalue weighted by Gasteiger charge is -2.18. The van der Waals surface area contributed by atoms with Crippen LogP contribution in [0.25, 0.3) is 11.0 Å². The summed E-state index contributed by atoms with van der Waals surface area (Å²) in [7, 11) is 1.45. The highest BCUT2D eigenvalue weighted by Gasteiger charge is 2.22. The molecule has 1 aromatic heterocycles. The predicted octanol–water partition coefficient (Wildman–Crippen LogP) is 8.50. The second-order valence-electron chi connectivity index (χ2n) is 12.6. The van der Waals surface area contributed by atoms with Crippen LogP contribution in [0, 0.1) is 6.92 Å². The van der Waals surface area contributed by atoms with Gasteiger partial charge in [-0.2, -0.15) is 0 Å². The molecule has 10 nitrogen and oxygen atoms in total. The van der Waals surface area contributed by atoms with Crippen LogP contribution < -0.4 is 24.8 Å². The number of Topliss-reactive ketones (excluding diaryl/α,β-unsaturated/α-hetero) is 1. The van der Waals surface area contributed by atoms with Gasteiger partial charge < -0.3 is 29.3 Å². The predicted molar refractivity (Wildman–Crippen MR) is 200 cm³/mol. The average Bonchev–Trinajstić information content (AvgIpc) is 3.49. The van der Waals surface area contributed by atoms with Crippen molar-refractivity contribution in [1.82, 2.24) is 5.32 Å². The maximum atomic E-state index is 13.3. The lowest BCUT2D eigenvalue weighted by atomic mass is 10.0. The number of furan rings is 1. The molecule has 2 N–H and O–H groups in total. The number of methoxy groups -OCH3 is 1. The van der Waals surface area contributed by atoms with Crippen molar-refractivity contribution in [2.24, 2.45) is 0 Å². The van der Waals surface area contributed by atoms with Crippen LogP contribution >= 0.6 is 0 Å². The van der Waals surface area contributed by atoms with Crippen LogP contribution in [0.15, 0.2) is 95.4 Å². The summed E-state index contributed by atoms with van der Waals surface area (Å²) in [6.45, 7) is 6.02. The highest BCUT2D eigenvalue weighted by Crippen LogP contribution is 2.30. The van der Waals surface area contributed by atoms with Gasteiger partial charge in [-0.05, 0) is 92.9 Å². The van der Waals surface area contributed by atoms with Gasteiger partial charge in [0.1, 0.15) is 11.3 Å². The van der Waals surface area contributed by atoms with Gasteiger partial charge in [-0.1, -0.05) is 62.9 Å². The van der Waals surface area contributed by atoms with E-state index < -0.39 is 23.8 Å². The Labute approximate surface area is 303 Å². The van der Waals surface area contributed by atoms with E-state index in [1.807, 2.05) is 25.1 Å². The summed E-state index contributed by atoms with van der Waals surface area (Å²) in [5.74, 6) is -0.358. The molecule has 0 saturated heterocycles. The average molecular weight is 705 g/mol. The van der Waals surface area contributed by atoms with E-state index in [4.69, 9.17) is 18.6 Å². The summed E-state index contributed by atoms with van der Waals surface area (Å²) < 4.78 is 22.7. The number of ether oxygens (including phenoxy) is 3. The minimum atomic E-state index is -0.862. The molecule has 0 aliphatic carbocycles. The first-order valence-electron chi connectivity index (χ1n) is 17.5. The highest BCUT2D eigenvalue weighted by atomic mass is 16.6. The number of fused-ring (bicyclic) bond motifs is 1. The van der Waals surface area contributed by atoms with Crippen molar-refractivity contribution < 1.29 is 37.8 Å². The van der Waals surface area contributed by atoms with Crippen molar-refractivity contribution in [3.05, 3.63) is 119 Å². The molecule has 0 radical (unpaired) electrons. The molecule has 2 amide bonds. The number of anilines is 1. The Balaban J connectivity index is 1.18. The van der Waals surface area contributed by atoms with Crippen LogP contribution in [0.5, 0.6) is 17.2 Å². The number of hydrogen-bond donors (Lipinski definition) is 2. The number of benzene rings is 4. The molecule has 0 aliphatic heterocycles. The fraction of sp³-hybridized carbons (Fsp3) is 0.286. The Morgan fingerprint density at radius 1 is 0.788 bits per heavy atom. The zero-order valence-electron chi connectivity index (χ0n) is 30.0. The van der Waals surface area contributed by atoms with Gasteiger partial charge in [0.2, 0.25) is 0 Å². The molecular formula is C42H44N2O8. The zero-order chi connectivity index (χ0) is 37.0. The smallest absolute Gasteiger partial charge is 0.343 e. The minimum Gasteiger partial charge on any atom is -0.494 e. The summed E-state index contributed by atoms with van der Waals surface area (Å²) in [5.41, 5.74) is 3.01. The molecule has 5 aromatic rings. The SMILES string of the molecule is CCCCCCCOc1ccc(C(=O)Oc2ccc(CC(NC(=O)c3cccc(NC(=O)c4oc5ccccc5c4C)c3)C(C)=O)cc2OC)cc1. The Bertz CT molecular complexity index is 2030. The third-order valence-corrected chi connectivity index (χ3v) is 8.71. The number of amides is 2. The largest absolute Gasteiger partial charge is 0.494 e. The molecule has 1 heterocycles. The molecule has 1 atom stereocenters. The first-order valence-corrected chi connectivity index (χ1v) is 17.5. The number of nitrogens with one attached hydrogen (secondary N) is 2. The summed E-state index contributed by atoms with van der Waals surface area (Å²) >= 11 is 0. The van der Waals surface area contributed by atoms with Crippen molar-refractivity contribution in [2.75, 3.05) is 19.0 Å². The number of carbonyl (C=O) groups excluding carboxylic acids is 4. The van der Waals surface area contributed by atoms with Crippen molar-refractivity contribution >= 4 is 40.2 Å². The molecule has 4 aromatic carbocycles. The Morgan fingerprint density at radius 2 is 1.56 bits per heavy atom. The van der Waals surface area contributed by atoms with Gasteiger partial charge in [0.05, 0.1) is 25.3 Å². The van der Waals surface area contributed by atoms with E-state index in [9.17, 15) is 19.2 Å². The molecule has 0 aliphatic rings. The van der Waals surface area contributed by atoms with E-state index in [2.05, 4.69) is 17.6 Å². The van der Waals surface area contributed by atoms with Crippen LogP contribution in [0.1, 0.15) is 88.3 Å². The van der Waals surface area contributed by atoms with Gasteiger partial charge in [-0.3, -0.25) is 14.4 Å². The zero-order valence-corrected chi connectivity index (χ0v) is 30.0. The normalized spacial score (nSPS) is 11.5. The lowest BCUT2D eigenvalue weighted by Crippen LogP contribution is -2.41. The number of para-hydroxylation sites is 1. The third kappa shape index (κ3) is 9.66. The summed E-state index contributed by atoms with van der Waals surface area (Å²) in [6.07, 6.45) is 5.91. The maximum absolute atomic E-state index is 13.3. The fourth-order valence-electron chi connectivity index (χ4n) is 5.76. The summed E-state index contributed by atoms with van der Waals surface area (Å²) in [4.78, 5) is 51.9. The van der Waals surface area contributed by atoms with Gasteiger partial charge in [0.15, 0.2) is 23.0 Å². The molecule has 1 unspecified atom stereocenters. The third-order valence-electron chi connectivity index (χ3n) is 8.71. The standard InChI is InChI=1S/C42H44N2O8/c1-5-6-7-8-11-23-50-33-20-18-30(19-21-33)42(48)52-37-22-17-29(25-38(37)49-4)24-35(28(3)45)44-40(46)31-13-12-14-32(26-31)43-41(47)39-27(2)34-15-9-10-16-36(34)51-39/h9-10,12-22,25-26,35H,5-8,11,23-24H2,1-4H3,(H,43,47)(H,44,46). The number of hydrogen-bond acceptors (Lipinski definition) is 8. The van der Waals surface area contributed by atoms with Crippen LogP contribution in [0.4, 0.5) is 5.69 Å². The van der Waals surface area contributed by atoms with E-state index in [1.165, 1.54) is 39.4 Å². The highest BCUT2D eigenvalue weighted by molar-refractivity contribution is 6.07. The van der Waals surface area contributed by atoms with Gasteiger partial charge in [-0.15, -0.1) is 0 Å². The van der Waals surface area contributed by atoms with Gasteiger partial charge >= 0.3 is 5.97 Å². The Kier molecular flexibility index (Phi) is 12.8. The monoisotopic (exact) mass is 704 g/mol. The quantitative estimate of drug-likeness (QED) is 0.0559. The Morgan fingerprint density at radius 3 is 2.29 bits per heavy atom. The van der Waals surface area contributed by atoms with Gasteiger partial charge in [-0.25, -0.2) is 4.79 Å². The van der Waals surface area contributed by atoms with Crippen LogP contribution in [0.3, 0.4) is 0 Å². The maximum Gasteiger partial charge on any atom is 0.343 e. The van der Waals surface area contributed by atoms with E-state index in [-0.39, 0.29) is 29.3 Å². The van der Waals surface area contributed by atoms with Crippen molar-refractivity contribution in [2.45, 2.75) is 65.3 Å². The van der Waals surface area contributed by atoms with Crippen LogP contribution in [-0.4, -0.2) is 43.3 Å². The molecule has 0 saturated carbocycles. The molecule has 0 fully saturated rings. The molecule has 270 valence electrons. The molecule has 5 rings (SSSR count). The molecule has 0 bridgehead atoms. The minimum absolute atomic E-state index is 0.160. The van der Waals surface area contributed by atoms with E-state index in [0.717, 1.165) is 18.2 Å². The second kappa shape index (κ2) is 17.8. The number of esters is 1. The molecular weight excluding hydrogens is 660 g/mol. The van der Waals surface area contributed by atoms with Gasteiger partial charge in [0.25, 0.3) is 11.8 Å². The molecule has 10 heteroatoms. The van der Waals surface area contributed by atoms with E-state index in [0.29, 0.717) is 46.1 Å². The van der Waals surface area contributed by atoms with Crippen LogP contribution in [-0.2, 0) is 11.2 Å². The Hall–Kier alpha value is -5.90. The van der Waals surface area contributed by atoms with E-state index in [1.54, 1.807) is 66.7 Å². The van der Waals surface area contributed by atoms with Crippen LogP contribution in [0.2, 0.25) is 0 Å². The first-order chi connectivity index (χ1) is 25.2. The molecule has 0 spiro atoms. The van der Waals surface area contributed by atoms with E-state index >= 15 is 0 Å². The number of aryl methyl sites for hydroxylation is 1. The van der Waals surface area contributed by atoms with Crippen molar-refractivity contribution in [3.8, 4) is 17.2 Å². The summed E-state index contributed by atoms with van der Waals surface area (Å²) in [6, 6.07) is 24.7. The lowest BCUT2D eigenvalue weighted by molar-refractivity contribution is -0.118. The fourth-order valence-corrected chi connectivity index (χ4v) is 5.76. The topological polar surface area (TPSA) is 133 Å². The number of ketones is 1. The number of rotatable bonds is 17. The van der Waals surface area contributed by atoms with Crippen molar-refractivity contribution in [3.63, 3.8) is 0 Å². The first kappa shape index (κ1) is 37.4. The van der Waals surface area contributed by atoms with Gasteiger partial charge in [0, 0.05) is 22.2 Å². The molecule has 52 heavy (non-hydrogen) atoms. The van der Waals surface area contributed by atoms with Crippen molar-refractivity contribution in [1.29, 1.82) is 0 Å². The second-order valence-corrected chi connectivity index (χ2v) is 12.6. The number of carbonyl (C=O) groups is 4. The number of unbranched alkanes of at least 4 members (excludes halogenated alkanes) is 4.